The third-order valence-corrected chi connectivity index (χ3v) is 11.7. The van der Waals surface area contributed by atoms with Gasteiger partial charge in [0.1, 0.15) is 5.01 Å². The summed E-state index contributed by atoms with van der Waals surface area (Å²) in [6.07, 6.45) is 0. The van der Waals surface area contributed by atoms with Crippen LogP contribution < -0.4 is 10.4 Å². The molecule has 0 saturated carbocycles. The van der Waals surface area contributed by atoms with E-state index >= 15 is 0 Å². The summed E-state index contributed by atoms with van der Waals surface area (Å²) in [5.74, 6) is 0. The molecule has 3 nitrogen and oxygen atoms in total. The molecule has 3 aromatic carbocycles. The lowest BCUT2D eigenvalue weighted by molar-refractivity contribution is 0.282. The van der Waals surface area contributed by atoms with E-state index in [2.05, 4.69) is 86.8 Å². The fourth-order valence-electron chi connectivity index (χ4n) is 4.31. The molecule has 1 heterocycles. The summed E-state index contributed by atoms with van der Waals surface area (Å²) in [6.45, 7) is 7.30. The van der Waals surface area contributed by atoms with E-state index in [9.17, 15) is 5.11 Å². The second-order valence-electron chi connectivity index (χ2n) is 8.91. The first kappa shape index (κ1) is 22.6. The fourth-order valence-corrected chi connectivity index (χ4v) is 9.69. The van der Waals surface area contributed by atoms with Gasteiger partial charge in [-0.05, 0) is 21.0 Å². The Bertz CT molecular complexity index is 1110. The first-order chi connectivity index (χ1) is 15.5. The molecule has 1 aromatic heterocycles. The standard InChI is InChI=1S/C27H29NO2SSi/c1-27(2,3)32(23-13-6-4-7-14-23,24-15-8-5-9-16-24)30-19-22-20-31-26(28-22)25-17-11-10-12-21(25)18-29/h4-17,20,29H,18-19H2,1-3H3. The molecule has 32 heavy (non-hydrogen) atoms. The summed E-state index contributed by atoms with van der Waals surface area (Å²) >= 11 is 1.60. The highest BCUT2D eigenvalue weighted by atomic mass is 32.1. The van der Waals surface area contributed by atoms with Crippen LogP contribution in [0.4, 0.5) is 0 Å². The van der Waals surface area contributed by atoms with Gasteiger partial charge in [-0.1, -0.05) is 106 Å². The average molecular weight is 460 g/mol. The molecule has 0 fully saturated rings. The third-order valence-electron chi connectivity index (χ3n) is 5.82. The topological polar surface area (TPSA) is 42.4 Å². The van der Waals surface area contributed by atoms with E-state index in [1.54, 1.807) is 11.3 Å². The molecule has 0 bridgehead atoms. The maximum absolute atomic E-state index is 9.70. The molecule has 0 aliphatic rings. The molecule has 4 rings (SSSR count). The van der Waals surface area contributed by atoms with Crippen molar-refractivity contribution in [3.63, 3.8) is 0 Å². The van der Waals surface area contributed by atoms with E-state index in [-0.39, 0.29) is 11.6 Å². The van der Waals surface area contributed by atoms with Crippen molar-refractivity contribution in [2.75, 3.05) is 0 Å². The molecular weight excluding hydrogens is 430 g/mol. The van der Waals surface area contributed by atoms with Crippen molar-refractivity contribution in [2.24, 2.45) is 0 Å². The molecule has 164 valence electrons. The first-order valence-corrected chi connectivity index (χ1v) is 13.6. The van der Waals surface area contributed by atoms with Crippen LogP contribution in [0.5, 0.6) is 0 Å². The number of aliphatic hydroxyl groups is 1. The minimum Gasteiger partial charge on any atom is -0.401 e. The lowest BCUT2D eigenvalue weighted by Crippen LogP contribution is -2.66. The Morgan fingerprint density at radius 1 is 0.844 bits per heavy atom. The van der Waals surface area contributed by atoms with Gasteiger partial charge in [0.05, 0.1) is 18.9 Å². The number of benzene rings is 3. The normalized spacial score (nSPS) is 12.1. The molecule has 0 amide bonds. The van der Waals surface area contributed by atoms with Crippen molar-refractivity contribution in [2.45, 2.75) is 39.0 Å². The van der Waals surface area contributed by atoms with Gasteiger partial charge in [-0.15, -0.1) is 11.3 Å². The Hall–Kier alpha value is -2.57. The van der Waals surface area contributed by atoms with Gasteiger partial charge < -0.3 is 9.53 Å². The Labute approximate surface area is 195 Å². The maximum Gasteiger partial charge on any atom is 0.261 e. The second kappa shape index (κ2) is 9.51. The largest absolute Gasteiger partial charge is 0.401 e. The number of thiazole rings is 1. The van der Waals surface area contributed by atoms with Crippen LogP contribution in [0, 0.1) is 0 Å². The number of aromatic nitrogens is 1. The van der Waals surface area contributed by atoms with Gasteiger partial charge in [0.25, 0.3) is 8.32 Å². The Balaban J connectivity index is 1.71. The molecule has 0 unspecified atom stereocenters. The number of aliphatic hydroxyl groups excluding tert-OH is 1. The number of hydrogen-bond donors (Lipinski definition) is 1. The van der Waals surface area contributed by atoms with E-state index in [1.165, 1.54) is 10.4 Å². The average Bonchev–Trinajstić information content (AvgIpc) is 3.29. The van der Waals surface area contributed by atoms with Crippen LogP contribution >= 0.6 is 11.3 Å². The van der Waals surface area contributed by atoms with Crippen molar-refractivity contribution in [1.29, 1.82) is 0 Å². The predicted molar refractivity (Wildman–Crippen MR) is 136 cm³/mol. The Morgan fingerprint density at radius 2 is 1.41 bits per heavy atom. The Kier molecular flexibility index (Phi) is 6.72. The van der Waals surface area contributed by atoms with Gasteiger partial charge in [-0.3, -0.25) is 0 Å². The third kappa shape index (κ3) is 4.34. The van der Waals surface area contributed by atoms with Crippen LogP contribution in [0.2, 0.25) is 5.04 Å². The minimum atomic E-state index is -2.60. The van der Waals surface area contributed by atoms with Crippen LogP contribution in [-0.2, 0) is 17.6 Å². The summed E-state index contributed by atoms with van der Waals surface area (Å²) in [4.78, 5) is 4.87. The smallest absolute Gasteiger partial charge is 0.261 e. The molecule has 0 radical (unpaired) electrons. The highest BCUT2D eigenvalue weighted by Crippen LogP contribution is 2.37. The van der Waals surface area contributed by atoms with Gasteiger partial charge in [0.2, 0.25) is 0 Å². The van der Waals surface area contributed by atoms with E-state index in [1.807, 2.05) is 24.3 Å². The van der Waals surface area contributed by atoms with Crippen molar-refractivity contribution < 1.29 is 9.53 Å². The number of nitrogens with zero attached hydrogens (tertiary/aromatic N) is 1. The molecule has 1 N–H and O–H groups in total. The van der Waals surface area contributed by atoms with E-state index < -0.39 is 8.32 Å². The molecule has 0 aliphatic heterocycles. The number of hydrogen-bond acceptors (Lipinski definition) is 4. The zero-order chi connectivity index (χ0) is 22.6. The molecule has 5 heteroatoms. The molecular formula is C27H29NO2SSi. The van der Waals surface area contributed by atoms with Crippen LogP contribution in [0.25, 0.3) is 10.6 Å². The van der Waals surface area contributed by atoms with Crippen molar-refractivity contribution in [1.82, 2.24) is 4.98 Å². The molecule has 0 saturated heterocycles. The molecule has 0 atom stereocenters. The summed E-state index contributed by atoms with van der Waals surface area (Å²) in [5.41, 5.74) is 2.80. The zero-order valence-corrected chi connectivity index (χ0v) is 20.6. The zero-order valence-electron chi connectivity index (χ0n) is 18.8. The highest BCUT2D eigenvalue weighted by Gasteiger charge is 2.50. The van der Waals surface area contributed by atoms with E-state index in [0.29, 0.717) is 6.61 Å². The van der Waals surface area contributed by atoms with Crippen LogP contribution in [-0.4, -0.2) is 18.4 Å². The summed E-state index contributed by atoms with van der Waals surface area (Å²) in [5, 5.41) is 15.1. The lowest BCUT2D eigenvalue weighted by Gasteiger charge is -2.42. The minimum absolute atomic E-state index is 0.00362. The second-order valence-corrected chi connectivity index (χ2v) is 14.1. The predicted octanol–water partition coefficient (Wildman–Crippen LogP) is 5.38. The summed E-state index contributed by atoms with van der Waals surface area (Å²) < 4.78 is 6.99. The van der Waals surface area contributed by atoms with Crippen LogP contribution in [0.15, 0.2) is 90.3 Å². The van der Waals surface area contributed by atoms with Gasteiger partial charge in [-0.2, -0.15) is 0 Å². The van der Waals surface area contributed by atoms with Crippen molar-refractivity contribution >= 4 is 30.0 Å². The SMILES string of the molecule is CC(C)(C)[Si](OCc1csc(-c2ccccc2CO)n1)(c1ccccc1)c1ccccc1. The van der Waals surface area contributed by atoms with Gasteiger partial charge in [-0.25, -0.2) is 4.98 Å². The van der Waals surface area contributed by atoms with Gasteiger partial charge >= 0.3 is 0 Å². The van der Waals surface area contributed by atoms with Gasteiger partial charge in [0, 0.05) is 10.9 Å². The molecule has 4 aromatic rings. The summed E-state index contributed by atoms with van der Waals surface area (Å²) in [7, 11) is -2.60. The van der Waals surface area contributed by atoms with E-state index in [4.69, 9.17) is 9.41 Å². The van der Waals surface area contributed by atoms with E-state index in [0.717, 1.165) is 21.8 Å². The molecule has 0 spiro atoms. The maximum atomic E-state index is 9.70. The fraction of sp³-hybridized carbons (Fsp3) is 0.222. The monoisotopic (exact) mass is 459 g/mol. The lowest BCUT2D eigenvalue weighted by atomic mass is 10.1. The quantitative estimate of drug-likeness (QED) is 0.377. The van der Waals surface area contributed by atoms with Crippen LogP contribution in [0.1, 0.15) is 32.0 Å². The molecule has 0 aliphatic carbocycles. The van der Waals surface area contributed by atoms with Crippen LogP contribution in [0.3, 0.4) is 0 Å². The Morgan fingerprint density at radius 3 is 1.97 bits per heavy atom. The first-order valence-electron chi connectivity index (χ1n) is 10.8. The van der Waals surface area contributed by atoms with Crippen molar-refractivity contribution in [3.8, 4) is 10.6 Å². The van der Waals surface area contributed by atoms with Gasteiger partial charge in [0.15, 0.2) is 0 Å². The van der Waals surface area contributed by atoms with Crippen molar-refractivity contribution in [3.05, 3.63) is 102 Å². The summed E-state index contributed by atoms with van der Waals surface area (Å²) in [6, 6.07) is 29.2. The highest BCUT2D eigenvalue weighted by molar-refractivity contribution is 7.13. The number of rotatable bonds is 7.